The number of nitrogens with one attached hydrogen (secondary N) is 2. The summed E-state index contributed by atoms with van der Waals surface area (Å²) in [5.74, 6) is 0.691. The van der Waals surface area contributed by atoms with Crippen molar-refractivity contribution >= 4 is 24.0 Å². The molecule has 6 aromatic rings. The van der Waals surface area contributed by atoms with Crippen LogP contribution in [-0.2, 0) is 30.9 Å². The van der Waals surface area contributed by atoms with E-state index in [4.69, 9.17) is 25.9 Å². The first-order chi connectivity index (χ1) is 29.9. The van der Waals surface area contributed by atoms with E-state index in [1.54, 1.807) is 70.7 Å². The standard InChI is InChI=1S/C48H50N8O6/c1-48(2,35-23-21-32(22-24-35)37-29-52-43(54-37)39-16-10-26-56(39)45(58)41(62-47(50)60)34-13-7-4-8-14-34)27-30-17-19-31(20-18-30)36-28-51-42(53-36)38-15-9-25-55(38)44(57)40(61-46(49)59)33-11-5-3-6-12-33/h3-8,11-14,17-24,28-29,38-41H,9-10,15-16,25-27H2,1-2H3,(H2,49,59)(H2,50,60)(H,51,53)(H,52,54)/t38?,39?,40-,41-/m1/s1. The smallest absolute Gasteiger partial charge is 0.405 e. The predicted molar refractivity (Wildman–Crippen MR) is 232 cm³/mol. The number of aromatic amines is 2. The number of amides is 4. The highest BCUT2D eigenvalue weighted by Crippen LogP contribution is 2.37. The summed E-state index contributed by atoms with van der Waals surface area (Å²) in [7, 11) is 0. The van der Waals surface area contributed by atoms with Gasteiger partial charge in [-0.05, 0) is 59.8 Å². The summed E-state index contributed by atoms with van der Waals surface area (Å²) in [5.41, 5.74) is 17.7. The van der Waals surface area contributed by atoms with Gasteiger partial charge >= 0.3 is 12.2 Å². The van der Waals surface area contributed by atoms with Crippen molar-refractivity contribution in [3.8, 4) is 22.5 Å². The summed E-state index contributed by atoms with van der Waals surface area (Å²) < 4.78 is 10.6. The Kier molecular flexibility index (Phi) is 11.9. The third kappa shape index (κ3) is 8.94. The molecule has 4 aromatic carbocycles. The zero-order chi connectivity index (χ0) is 43.4. The first kappa shape index (κ1) is 41.5. The number of H-pyrrole nitrogens is 2. The lowest BCUT2D eigenvalue weighted by Gasteiger charge is -2.27. The SMILES string of the molecule is CC(C)(Cc1ccc(-c2cnc(C3CCCN3C(=O)[C@H](OC(N)=O)c3ccccc3)[nH]2)cc1)c1ccc(-c2cnc(C3CCCN3C(=O)[C@H](OC(N)=O)c3ccccc3)[nH]2)cc1. The quantitative estimate of drug-likeness (QED) is 0.0896. The minimum atomic E-state index is -1.14. The van der Waals surface area contributed by atoms with Crippen LogP contribution in [0, 0.1) is 0 Å². The molecular formula is C48H50N8O6. The molecule has 318 valence electrons. The van der Waals surface area contributed by atoms with Crippen LogP contribution in [0.3, 0.4) is 0 Å². The van der Waals surface area contributed by atoms with Gasteiger partial charge in [-0.15, -0.1) is 0 Å². The molecule has 0 spiro atoms. The summed E-state index contributed by atoms with van der Waals surface area (Å²) in [6.45, 7) is 5.48. The maximum absolute atomic E-state index is 13.8. The lowest BCUT2D eigenvalue weighted by molar-refractivity contribution is -0.142. The van der Waals surface area contributed by atoms with Crippen LogP contribution in [0.4, 0.5) is 9.59 Å². The third-order valence-electron chi connectivity index (χ3n) is 11.9. The predicted octanol–water partition coefficient (Wildman–Crippen LogP) is 7.99. The van der Waals surface area contributed by atoms with E-state index in [0.717, 1.165) is 54.6 Å². The highest BCUT2D eigenvalue weighted by Gasteiger charge is 2.39. The number of hydrogen-bond acceptors (Lipinski definition) is 8. The molecule has 4 heterocycles. The summed E-state index contributed by atoms with van der Waals surface area (Å²) in [4.78, 5) is 70.7. The highest BCUT2D eigenvalue weighted by atomic mass is 16.6. The summed E-state index contributed by atoms with van der Waals surface area (Å²) in [6.07, 6.45) is 3.13. The fraction of sp³-hybridized carbons (Fsp3) is 0.292. The normalized spacial score (nSPS) is 17.4. The molecule has 4 atom stereocenters. The van der Waals surface area contributed by atoms with Gasteiger partial charge in [-0.1, -0.05) is 123 Å². The molecule has 4 amide bonds. The number of nitrogens with two attached hydrogens (primary N) is 2. The van der Waals surface area contributed by atoms with Crippen LogP contribution in [0.5, 0.6) is 0 Å². The lowest BCUT2D eigenvalue weighted by Crippen LogP contribution is -2.37. The van der Waals surface area contributed by atoms with E-state index >= 15 is 0 Å². The second-order valence-electron chi connectivity index (χ2n) is 16.5. The molecule has 2 aliphatic heterocycles. The van der Waals surface area contributed by atoms with E-state index in [0.29, 0.717) is 35.9 Å². The molecule has 8 rings (SSSR count). The molecule has 2 aromatic heterocycles. The van der Waals surface area contributed by atoms with Gasteiger partial charge in [-0.3, -0.25) is 9.59 Å². The van der Waals surface area contributed by atoms with Gasteiger partial charge in [0.1, 0.15) is 11.6 Å². The van der Waals surface area contributed by atoms with E-state index in [-0.39, 0.29) is 29.3 Å². The van der Waals surface area contributed by atoms with Crippen LogP contribution in [0.25, 0.3) is 22.5 Å². The number of ether oxygens (including phenoxy) is 2. The Morgan fingerprint density at radius 1 is 0.645 bits per heavy atom. The fourth-order valence-electron chi connectivity index (χ4n) is 8.76. The number of carbonyl (C=O) groups is 4. The number of aromatic nitrogens is 4. The fourth-order valence-corrected chi connectivity index (χ4v) is 8.76. The number of carbonyl (C=O) groups excluding carboxylic acids is 4. The molecule has 0 saturated carbocycles. The molecule has 6 N–H and O–H groups in total. The van der Waals surface area contributed by atoms with Crippen LogP contribution in [0.2, 0.25) is 0 Å². The van der Waals surface area contributed by atoms with Gasteiger partial charge in [0, 0.05) is 24.2 Å². The molecule has 0 radical (unpaired) electrons. The molecule has 2 saturated heterocycles. The molecule has 0 aliphatic carbocycles. The Morgan fingerprint density at radius 2 is 1.06 bits per heavy atom. The van der Waals surface area contributed by atoms with Gasteiger partial charge in [0.25, 0.3) is 11.8 Å². The van der Waals surface area contributed by atoms with Gasteiger partial charge in [-0.2, -0.15) is 0 Å². The molecule has 0 bridgehead atoms. The van der Waals surface area contributed by atoms with Crippen molar-refractivity contribution in [2.24, 2.45) is 11.5 Å². The number of primary amides is 2. The molecule has 2 fully saturated rings. The maximum Gasteiger partial charge on any atom is 0.405 e. The van der Waals surface area contributed by atoms with E-state index in [9.17, 15) is 19.2 Å². The van der Waals surface area contributed by atoms with Crippen molar-refractivity contribution < 1.29 is 28.7 Å². The Bertz CT molecular complexity index is 2520. The molecule has 2 unspecified atom stereocenters. The molecule has 2 aliphatic rings. The Hall–Kier alpha value is -7.22. The number of imidazole rings is 2. The van der Waals surface area contributed by atoms with Crippen molar-refractivity contribution in [2.45, 2.75) is 75.7 Å². The van der Waals surface area contributed by atoms with Gasteiger partial charge in [0.05, 0.1) is 35.9 Å². The van der Waals surface area contributed by atoms with E-state index < -0.39 is 24.4 Å². The van der Waals surface area contributed by atoms with Crippen LogP contribution in [0.15, 0.2) is 122 Å². The van der Waals surface area contributed by atoms with E-state index in [2.05, 4.69) is 77.3 Å². The Labute approximate surface area is 359 Å². The molecular weight excluding hydrogens is 785 g/mol. The summed E-state index contributed by atoms with van der Waals surface area (Å²) in [6, 6.07) is 34.1. The molecule has 14 heteroatoms. The number of benzene rings is 4. The van der Waals surface area contributed by atoms with Crippen molar-refractivity contribution in [1.29, 1.82) is 0 Å². The maximum atomic E-state index is 13.8. The summed E-state index contributed by atoms with van der Waals surface area (Å²) in [5, 5.41) is 0. The number of likely N-dealkylation sites (tertiary alicyclic amines) is 2. The first-order valence-electron chi connectivity index (χ1n) is 20.9. The Balaban J connectivity index is 0.904. The molecule has 14 nitrogen and oxygen atoms in total. The van der Waals surface area contributed by atoms with Gasteiger partial charge in [0.15, 0.2) is 0 Å². The zero-order valence-corrected chi connectivity index (χ0v) is 34.7. The van der Waals surface area contributed by atoms with Crippen LogP contribution < -0.4 is 11.5 Å². The molecule has 62 heavy (non-hydrogen) atoms. The number of nitrogens with zero attached hydrogens (tertiary/aromatic N) is 4. The number of hydrogen-bond donors (Lipinski definition) is 4. The van der Waals surface area contributed by atoms with Crippen LogP contribution in [0.1, 0.15) is 97.7 Å². The van der Waals surface area contributed by atoms with E-state index in [1.165, 1.54) is 11.1 Å². The topological polar surface area (TPSA) is 203 Å². The minimum Gasteiger partial charge on any atom is -0.431 e. The van der Waals surface area contributed by atoms with Crippen molar-refractivity contribution in [1.82, 2.24) is 29.7 Å². The van der Waals surface area contributed by atoms with Crippen LogP contribution >= 0.6 is 0 Å². The lowest BCUT2D eigenvalue weighted by atomic mass is 9.79. The van der Waals surface area contributed by atoms with Gasteiger partial charge in [0.2, 0.25) is 12.2 Å². The number of rotatable bonds is 13. The van der Waals surface area contributed by atoms with Crippen molar-refractivity contribution in [3.63, 3.8) is 0 Å². The minimum absolute atomic E-state index is 0.179. The van der Waals surface area contributed by atoms with Crippen molar-refractivity contribution in [3.05, 3.63) is 155 Å². The van der Waals surface area contributed by atoms with Gasteiger partial charge in [-0.25, -0.2) is 19.6 Å². The Morgan fingerprint density at radius 3 is 1.48 bits per heavy atom. The summed E-state index contributed by atoms with van der Waals surface area (Å²) >= 11 is 0. The average Bonchev–Trinajstić information content (AvgIpc) is 4.13. The second-order valence-corrected chi connectivity index (χ2v) is 16.5. The zero-order valence-electron chi connectivity index (χ0n) is 34.7. The second kappa shape index (κ2) is 17.8. The third-order valence-corrected chi connectivity index (χ3v) is 11.9. The van der Waals surface area contributed by atoms with Gasteiger partial charge < -0.3 is 40.7 Å². The average molecular weight is 835 g/mol. The first-order valence-corrected chi connectivity index (χ1v) is 20.9. The monoisotopic (exact) mass is 834 g/mol. The van der Waals surface area contributed by atoms with Crippen molar-refractivity contribution in [2.75, 3.05) is 13.1 Å². The van der Waals surface area contributed by atoms with Crippen LogP contribution in [-0.4, -0.2) is 66.8 Å². The highest BCUT2D eigenvalue weighted by molar-refractivity contribution is 5.86. The van der Waals surface area contributed by atoms with E-state index in [1.807, 2.05) is 12.1 Å². The largest absolute Gasteiger partial charge is 0.431 e.